The van der Waals surface area contributed by atoms with E-state index < -0.39 is 10.0 Å². The fourth-order valence-electron chi connectivity index (χ4n) is 1.43. The van der Waals surface area contributed by atoms with E-state index in [1.165, 1.54) is 0 Å². The van der Waals surface area contributed by atoms with Crippen LogP contribution in [0.3, 0.4) is 0 Å². The number of aryl methyl sites for hydroxylation is 2. The first-order valence-corrected chi connectivity index (χ1v) is 6.88. The fraction of sp³-hybridized carbons (Fsp3) is 0.385. The van der Waals surface area contributed by atoms with Gasteiger partial charge in [0.25, 0.3) is 0 Å². The summed E-state index contributed by atoms with van der Waals surface area (Å²) in [5.74, 6) is 2.44. The Morgan fingerprint density at radius 3 is 2.53 bits per heavy atom. The lowest BCUT2D eigenvalue weighted by Gasteiger charge is -2.12. The molecule has 1 aromatic carbocycles. The van der Waals surface area contributed by atoms with Crippen LogP contribution in [-0.4, -0.2) is 14.5 Å². The van der Waals surface area contributed by atoms with Gasteiger partial charge in [0, 0.05) is 12.5 Å². The minimum atomic E-state index is -3.47. The van der Waals surface area contributed by atoms with E-state index in [2.05, 4.69) is 10.6 Å². The zero-order valence-electron chi connectivity index (χ0n) is 10.3. The lowest BCUT2D eigenvalue weighted by molar-refractivity contribution is 0.563. The second-order valence-electron chi connectivity index (χ2n) is 4.18. The molecule has 0 bridgehead atoms. The number of hydrogen-bond acceptors (Lipinski definition) is 2. The summed E-state index contributed by atoms with van der Waals surface area (Å²) < 4.78 is 26.6. The predicted molar refractivity (Wildman–Crippen MR) is 69.1 cm³/mol. The standard InChI is InChI=1S/C13H17NO2S/c1-5-6-12(4)14-17(15,16)13-8-7-10(2)11(3)9-13/h1,7-9,12,14H,6H2,2-4H3. The van der Waals surface area contributed by atoms with Crippen LogP contribution in [0.25, 0.3) is 0 Å². The quantitative estimate of drug-likeness (QED) is 0.832. The molecule has 1 atom stereocenters. The molecule has 0 radical (unpaired) electrons. The Morgan fingerprint density at radius 2 is 2.00 bits per heavy atom. The minimum Gasteiger partial charge on any atom is -0.207 e. The van der Waals surface area contributed by atoms with Gasteiger partial charge in [0.05, 0.1) is 4.90 Å². The Kier molecular flexibility index (Phi) is 4.33. The van der Waals surface area contributed by atoms with E-state index in [1.807, 2.05) is 13.8 Å². The van der Waals surface area contributed by atoms with E-state index in [1.54, 1.807) is 25.1 Å². The van der Waals surface area contributed by atoms with Gasteiger partial charge < -0.3 is 0 Å². The van der Waals surface area contributed by atoms with E-state index in [4.69, 9.17) is 6.42 Å². The molecule has 1 aromatic rings. The van der Waals surface area contributed by atoms with Crippen LogP contribution in [0.1, 0.15) is 24.5 Å². The molecule has 0 amide bonds. The zero-order chi connectivity index (χ0) is 13.1. The molecule has 0 aliphatic carbocycles. The van der Waals surface area contributed by atoms with Gasteiger partial charge in [-0.3, -0.25) is 0 Å². The average Bonchev–Trinajstić information content (AvgIpc) is 2.21. The van der Waals surface area contributed by atoms with Crippen molar-refractivity contribution in [2.24, 2.45) is 0 Å². The maximum atomic E-state index is 12.0. The molecule has 0 aliphatic heterocycles. The highest BCUT2D eigenvalue weighted by Gasteiger charge is 2.17. The van der Waals surface area contributed by atoms with Crippen LogP contribution in [0.5, 0.6) is 0 Å². The van der Waals surface area contributed by atoms with E-state index in [0.717, 1.165) is 11.1 Å². The largest absolute Gasteiger partial charge is 0.240 e. The van der Waals surface area contributed by atoms with Crippen molar-refractivity contribution in [1.29, 1.82) is 0 Å². The molecule has 1 rings (SSSR count). The highest BCUT2D eigenvalue weighted by Crippen LogP contribution is 2.15. The highest BCUT2D eigenvalue weighted by molar-refractivity contribution is 7.89. The summed E-state index contributed by atoms with van der Waals surface area (Å²) in [5.41, 5.74) is 2.03. The zero-order valence-corrected chi connectivity index (χ0v) is 11.1. The molecular formula is C13H17NO2S. The summed E-state index contributed by atoms with van der Waals surface area (Å²) in [4.78, 5) is 0.282. The highest BCUT2D eigenvalue weighted by atomic mass is 32.2. The lowest BCUT2D eigenvalue weighted by Crippen LogP contribution is -2.32. The molecule has 0 aromatic heterocycles. The first-order chi connectivity index (χ1) is 7.86. The lowest BCUT2D eigenvalue weighted by atomic mass is 10.1. The van der Waals surface area contributed by atoms with Gasteiger partial charge in [-0.25, -0.2) is 13.1 Å². The van der Waals surface area contributed by atoms with Crippen molar-refractivity contribution in [1.82, 2.24) is 4.72 Å². The molecule has 0 saturated carbocycles. The van der Waals surface area contributed by atoms with Crippen LogP contribution in [0.15, 0.2) is 23.1 Å². The number of hydrogen-bond donors (Lipinski definition) is 1. The summed E-state index contributed by atoms with van der Waals surface area (Å²) >= 11 is 0. The van der Waals surface area contributed by atoms with Crippen molar-refractivity contribution in [3.63, 3.8) is 0 Å². The van der Waals surface area contributed by atoms with E-state index in [-0.39, 0.29) is 10.9 Å². The van der Waals surface area contributed by atoms with Crippen molar-refractivity contribution in [3.8, 4) is 12.3 Å². The van der Waals surface area contributed by atoms with Crippen LogP contribution in [-0.2, 0) is 10.0 Å². The Hall–Kier alpha value is -1.31. The molecule has 1 N–H and O–H groups in total. The SMILES string of the molecule is C#CCC(C)NS(=O)(=O)c1ccc(C)c(C)c1. The topological polar surface area (TPSA) is 46.2 Å². The van der Waals surface area contributed by atoms with Gasteiger partial charge in [-0.05, 0) is 44.0 Å². The monoisotopic (exact) mass is 251 g/mol. The maximum Gasteiger partial charge on any atom is 0.240 e. The van der Waals surface area contributed by atoms with Gasteiger partial charge in [0.15, 0.2) is 0 Å². The molecule has 0 saturated heterocycles. The van der Waals surface area contributed by atoms with Crippen molar-refractivity contribution in [2.45, 2.75) is 38.1 Å². The number of nitrogens with one attached hydrogen (secondary N) is 1. The molecule has 3 nitrogen and oxygen atoms in total. The first kappa shape index (κ1) is 13.8. The third-order valence-electron chi connectivity index (χ3n) is 2.57. The molecule has 0 fully saturated rings. The average molecular weight is 251 g/mol. The molecule has 0 aliphatic rings. The molecule has 0 spiro atoms. The van der Waals surface area contributed by atoms with Crippen molar-refractivity contribution in [3.05, 3.63) is 29.3 Å². The van der Waals surface area contributed by atoms with Crippen LogP contribution < -0.4 is 4.72 Å². The Bertz CT molecular complexity index is 541. The molecule has 0 heterocycles. The number of benzene rings is 1. The predicted octanol–water partition coefficient (Wildman–Crippen LogP) is 1.99. The number of terminal acetylenes is 1. The number of sulfonamides is 1. The molecule has 1 unspecified atom stereocenters. The Morgan fingerprint density at radius 1 is 1.35 bits per heavy atom. The summed E-state index contributed by atoms with van der Waals surface area (Å²) in [6.07, 6.45) is 5.53. The Labute approximate surface area is 103 Å². The van der Waals surface area contributed by atoms with Gasteiger partial charge in [-0.15, -0.1) is 12.3 Å². The van der Waals surface area contributed by atoms with Crippen LogP contribution in [0.4, 0.5) is 0 Å². The van der Waals surface area contributed by atoms with E-state index in [9.17, 15) is 8.42 Å². The first-order valence-electron chi connectivity index (χ1n) is 5.40. The summed E-state index contributed by atoms with van der Waals surface area (Å²) in [7, 11) is -3.47. The number of rotatable bonds is 4. The van der Waals surface area contributed by atoms with Crippen LogP contribution >= 0.6 is 0 Å². The molecular weight excluding hydrogens is 234 g/mol. The summed E-state index contributed by atoms with van der Waals surface area (Å²) in [6.45, 7) is 5.58. The van der Waals surface area contributed by atoms with Crippen LogP contribution in [0, 0.1) is 26.2 Å². The second kappa shape index (κ2) is 5.35. The molecule has 92 valence electrons. The van der Waals surface area contributed by atoms with Crippen molar-refractivity contribution < 1.29 is 8.42 Å². The minimum absolute atomic E-state index is 0.258. The van der Waals surface area contributed by atoms with E-state index >= 15 is 0 Å². The Balaban J connectivity index is 2.98. The van der Waals surface area contributed by atoms with Gasteiger partial charge >= 0.3 is 0 Å². The second-order valence-corrected chi connectivity index (χ2v) is 5.89. The third kappa shape index (κ3) is 3.58. The summed E-state index contributed by atoms with van der Waals surface area (Å²) in [5, 5.41) is 0. The third-order valence-corrected chi connectivity index (χ3v) is 4.16. The van der Waals surface area contributed by atoms with Crippen LogP contribution in [0.2, 0.25) is 0 Å². The molecule has 4 heteroatoms. The van der Waals surface area contributed by atoms with Gasteiger partial charge in [0.1, 0.15) is 0 Å². The summed E-state index contributed by atoms with van der Waals surface area (Å²) in [6, 6.07) is 4.81. The molecule has 17 heavy (non-hydrogen) atoms. The van der Waals surface area contributed by atoms with Gasteiger partial charge in [-0.2, -0.15) is 0 Å². The van der Waals surface area contributed by atoms with Gasteiger partial charge in [0.2, 0.25) is 10.0 Å². The normalized spacial score (nSPS) is 13.1. The van der Waals surface area contributed by atoms with Crippen molar-refractivity contribution >= 4 is 10.0 Å². The van der Waals surface area contributed by atoms with Gasteiger partial charge in [-0.1, -0.05) is 6.07 Å². The van der Waals surface area contributed by atoms with E-state index in [0.29, 0.717) is 6.42 Å². The maximum absolute atomic E-state index is 12.0. The fourth-order valence-corrected chi connectivity index (χ4v) is 2.76. The van der Waals surface area contributed by atoms with Crippen molar-refractivity contribution in [2.75, 3.05) is 0 Å². The smallest absolute Gasteiger partial charge is 0.207 e.